The SMILES string of the molecule is CONC(=O)c1ccc(C)c(Sc2nc(Cl)nc(N(C)CC(C)C)n2)c1. The normalized spacial score (nSPS) is 10.9. The van der Waals surface area contributed by atoms with E-state index in [2.05, 4.69) is 39.1 Å². The van der Waals surface area contributed by atoms with E-state index in [1.165, 1.54) is 18.9 Å². The van der Waals surface area contributed by atoms with Crippen molar-refractivity contribution in [3.8, 4) is 0 Å². The molecule has 26 heavy (non-hydrogen) atoms. The second kappa shape index (κ2) is 9.16. The van der Waals surface area contributed by atoms with Crippen molar-refractivity contribution in [3.05, 3.63) is 34.6 Å². The summed E-state index contributed by atoms with van der Waals surface area (Å²) in [6.07, 6.45) is 0. The molecule has 1 aromatic carbocycles. The van der Waals surface area contributed by atoms with Crippen LogP contribution in [0.2, 0.25) is 5.28 Å². The number of hydrogen-bond acceptors (Lipinski definition) is 7. The molecule has 2 aromatic rings. The molecule has 0 bridgehead atoms. The Balaban J connectivity index is 2.29. The van der Waals surface area contributed by atoms with Gasteiger partial charge in [0.25, 0.3) is 5.91 Å². The van der Waals surface area contributed by atoms with Gasteiger partial charge in [-0.2, -0.15) is 15.0 Å². The van der Waals surface area contributed by atoms with E-state index in [0.717, 1.165) is 17.0 Å². The van der Waals surface area contributed by atoms with Gasteiger partial charge in [-0.1, -0.05) is 19.9 Å². The minimum Gasteiger partial charge on any atom is -0.343 e. The van der Waals surface area contributed by atoms with Crippen LogP contribution in [0.5, 0.6) is 0 Å². The molecule has 140 valence electrons. The van der Waals surface area contributed by atoms with Crippen molar-refractivity contribution in [1.29, 1.82) is 0 Å². The Bertz CT molecular complexity index is 788. The first-order valence-electron chi connectivity index (χ1n) is 8.04. The Morgan fingerprint density at radius 2 is 2.08 bits per heavy atom. The maximum Gasteiger partial charge on any atom is 0.274 e. The minimum absolute atomic E-state index is 0.138. The van der Waals surface area contributed by atoms with E-state index in [0.29, 0.717) is 22.6 Å². The summed E-state index contributed by atoms with van der Waals surface area (Å²) in [5.74, 6) is 0.664. The largest absolute Gasteiger partial charge is 0.343 e. The van der Waals surface area contributed by atoms with Crippen LogP contribution in [0.4, 0.5) is 5.95 Å². The van der Waals surface area contributed by atoms with Crippen molar-refractivity contribution < 1.29 is 9.63 Å². The molecule has 1 aromatic heterocycles. The number of hydrogen-bond donors (Lipinski definition) is 1. The molecule has 0 aliphatic heterocycles. The van der Waals surface area contributed by atoms with Crippen molar-refractivity contribution in [1.82, 2.24) is 20.4 Å². The van der Waals surface area contributed by atoms with E-state index >= 15 is 0 Å². The van der Waals surface area contributed by atoms with Crippen molar-refractivity contribution >= 4 is 35.2 Å². The molecule has 0 spiro atoms. The summed E-state index contributed by atoms with van der Waals surface area (Å²) in [5.41, 5.74) is 3.79. The van der Waals surface area contributed by atoms with Crippen LogP contribution in [0.3, 0.4) is 0 Å². The second-order valence-electron chi connectivity index (χ2n) is 6.18. The fraction of sp³-hybridized carbons (Fsp3) is 0.412. The van der Waals surface area contributed by atoms with Crippen LogP contribution in [-0.4, -0.2) is 41.6 Å². The summed E-state index contributed by atoms with van der Waals surface area (Å²) < 4.78 is 0. The van der Waals surface area contributed by atoms with Gasteiger partial charge >= 0.3 is 0 Å². The Labute approximate surface area is 162 Å². The molecule has 0 unspecified atom stereocenters. The number of amides is 1. The zero-order valence-electron chi connectivity index (χ0n) is 15.4. The van der Waals surface area contributed by atoms with Crippen molar-refractivity contribution in [2.75, 3.05) is 25.6 Å². The number of carbonyl (C=O) groups excluding carboxylic acids is 1. The quantitative estimate of drug-likeness (QED) is 0.720. The summed E-state index contributed by atoms with van der Waals surface area (Å²) in [7, 11) is 3.31. The lowest BCUT2D eigenvalue weighted by Gasteiger charge is -2.19. The van der Waals surface area contributed by atoms with Crippen LogP contribution < -0.4 is 10.4 Å². The topological polar surface area (TPSA) is 80.2 Å². The maximum atomic E-state index is 11.9. The van der Waals surface area contributed by atoms with Gasteiger partial charge in [0.05, 0.1) is 7.11 Å². The number of benzene rings is 1. The van der Waals surface area contributed by atoms with Gasteiger partial charge in [-0.05, 0) is 53.9 Å². The lowest BCUT2D eigenvalue weighted by atomic mass is 10.1. The lowest BCUT2D eigenvalue weighted by molar-refractivity contribution is 0.0537. The Morgan fingerprint density at radius 1 is 1.35 bits per heavy atom. The minimum atomic E-state index is -0.319. The fourth-order valence-electron chi connectivity index (χ4n) is 2.27. The van der Waals surface area contributed by atoms with Crippen LogP contribution in [0, 0.1) is 12.8 Å². The van der Waals surface area contributed by atoms with E-state index in [9.17, 15) is 4.79 Å². The highest BCUT2D eigenvalue weighted by Crippen LogP contribution is 2.30. The standard InChI is InChI=1S/C17H22ClN5O2S/c1-10(2)9-23(4)16-19-15(18)20-17(21-16)26-13-8-12(7-6-11(13)3)14(24)22-25-5/h6-8,10H,9H2,1-5H3,(H,22,24). The Hall–Kier alpha value is -1.90. The van der Waals surface area contributed by atoms with E-state index in [4.69, 9.17) is 11.6 Å². The number of carbonyl (C=O) groups is 1. The first kappa shape index (κ1) is 20.4. The monoisotopic (exact) mass is 395 g/mol. The molecule has 0 atom stereocenters. The van der Waals surface area contributed by atoms with E-state index in [1.54, 1.807) is 12.1 Å². The molecule has 9 heteroatoms. The highest BCUT2D eigenvalue weighted by atomic mass is 35.5. The summed E-state index contributed by atoms with van der Waals surface area (Å²) in [5, 5.41) is 0.613. The Kier molecular flexibility index (Phi) is 7.19. The summed E-state index contributed by atoms with van der Waals surface area (Å²) in [6.45, 7) is 6.99. The molecule has 1 heterocycles. The first-order chi connectivity index (χ1) is 12.3. The number of aromatic nitrogens is 3. The summed E-state index contributed by atoms with van der Waals surface area (Å²) in [4.78, 5) is 32.3. The molecule has 0 saturated heterocycles. The second-order valence-corrected chi connectivity index (χ2v) is 7.53. The van der Waals surface area contributed by atoms with Crippen LogP contribution in [0.15, 0.2) is 28.3 Å². The average Bonchev–Trinajstić information content (AvgIpc) is 2.56. The number of nitrogens with zero attached hydrogens (tertiary/aromatic N) is 4. The van der Waals surface area contributed by atoms with Gasteiger partial charge in [-0.15, -0.1) is 0 Å². The maximum absolute atomic E-state index is 11.9. The smallest absolute Gasteiger partial charge is 0.274 e. The van der Waals surface area contributed by atoms with Gasteiger partial charge in [0.2, 0.25) is 11.2 Å². The Morgan fingerprint density at radius 3 is 2.73 bits per heavy atom. The van der Waals surface area contributed by atoms with Crippen molar-refractivity contribution in [2.45, 2.75) is 30.8 Å². The first-order valence-corrected chi connectivity index (χ1v) is 9.24. The molecule has 0 saturated carbocycles. The van der Waals surface area contributed by atoms with Crippen LogP contribution in [0.25, 0.3) is 0 Å². The molecule has 1 N–H and O–H groups in total. The third kappa shape index (κ3) is 5.55. The van der Waals surface area contributed by atoms with Crippen LogP contribution in [0.1, 0.15) is 29.8 Å². The molecular formula is C17H22ClN5O2S. The zero-order chi connectivity index (χ0) is 19.3. The number of rotatable bonds is 7. The molecule has 1 amide bonds. The van der Waals surface area contributed by atoms with E-state index in [-0.39, 0.29) is 11.2 Å². The molecular weight excluding hydrogens is 374 g/mol. The number of nitrogens with one attached hydrogen (secondary N) is 1. The molecule has 7 nitrogen and oxygen atoms in total. The number of hydroxylamine groups is 1. The predicted octanol–water partition coefficient (Wildman–Crippen LogP) is 3.37. The highest BCUT2D eigenvalue weighted by molar-refractivity contribution is 7.99. The molecule has 2 rings (SSSR count). The lowest BCUT2D eigenvalue weighted by Crippen LogP contribution is -2.25. The van der Waals surface area contributed by atoms with Crippen molar-refractivity contribution in [3.63, 3.8) is 0 Å². The number of aryl methyl sites for hydroxylation is 1. The van der Waals surface area contributed by atoms with Gasteiger partial charge < -0.3 is 4.90 Å². The summed E-state index contributed by atoms with van der Waals surface area (Å²) >= 11 is 7.41. The predicted molar refractivity (Wildman–Crippen MR) is 103 cm³/mol. The summed E-state index contributed by atoms with van der Waals surface area (Å²) in [6, 6.07) is 5.36. The van der Waals surface area contributed by atoms with Gasteiger partial charge in [0, 0.05) is 24.1 Å². The van der Waals surface area contributed by atoms with E-state index < -0.39 is 0 Å². The third-order valence-corrected chi connectivity index (χ3v) is 4.60. The molecule has 0 fully saturated rings. The average molecular weight is 396 g/mol. The van der Waals surface area contributed by atoms with Gasteiger partial charge in [-0.3, -0.25) is 9.63 Å². The van der Waals surface area contributed by atoms with Crippen LogP contribution >= 0.6 is 23.4 Å². The molecule has 0 radical (unpaired) electrons. The van der Waals surface area contributed by atoms with E-state index in [1.807, 2.05) is 24.9 Å². The van der Waals surface area contributed by atoms with Gasteiger partial charge in [0.1, 0.15) is 0 Å². The highest BCUT2D eigenvalue weighted by Gasteiger charge is 2.14. The van der Waals surface area contributed by atoms with Gasteiger partial charge in [0.15, 0.2) is 5.16 Å². The van der Waals surface area contributed by atoms with Crippen molar-refractivity contribution in [2.24, 2.45) is 5.92 Å². The molecule has 0 aliphatic rings. The third-order valence-electron chi connectivity index (χ3n) is 3.40. The zero-order valence-corrected chi connectivity index (χ0v) is 17.0. The fourth-order valence-corrected chi connectivity index (χ4v) is 3.35. The number of halogens is 1. The van der Waals surface area contributed by atoms with Crippen LogP contribution in [-0.2, 0) is 4.84 Å². The molecule has 0 aliphatic carbocycles. The number of anilines is 1. The van der Waals surface area contributed by atoms with Gasteiger partial charge in [-0.25, -0.2) is 5.48 Å².